The molecule has 0 aromatic carbocycles. The van der Waals surface area contributed by atoms with E-state index in [-0.39, 0.29) is 11.8 Å². The van der Waals surface area contributed by atoms with E-state index in [1.54, 1.807) is 30.7 Å². The van der Waals surface area contributed by atoms with Crippen LogP contribution >= 0.6 is 0 Å². The Balaban J connectivity index is 1.55. The molecular weight excluding hydrogens is 326 g/mol. The summed E-state index contributed by atoms with van der Waals surface area (Å²) in [6.45, 7) is 3.45. The minimum atomic E-state index is 0.0682. The summed E-state index contributed by atoms with van der Waals surface area (Å²) in [6.07, 6.45) is 9.04. The monoisotopic (exact) mass is 347 g/mol. The van der Waals surface area contributed by atoms with Gasteiger partial charge in [0.05, 0.1) is 0 Å². The average Bonchev–Trinajstić information content (AvgIpc) is 3.14. The number of aromatic nitrogens is 4. The topological polar surface area (TPSA) is 63.9 Å². The maximum absolute atomic E-state index is 12.7. The first-order chi connectivity index (χ1) is 12.7. The summed E-state index contributed by atoms with van der Waals surface area (Å²) in [7, 11) is 0. The Labute approximate surface area is 152 Å². The Morgan fingerprint density at radius 2 is 2.00 bits per heavy atom. The second kappa shape index (κ2) is 7.07. The van der Waals surface area contributed by atoms with Crippen LogP contribution in [0.4, 0.5) is 0 Å². The van der Waals surface area contributed by atoms with Gasteiger partial charge >= 0.3 is 0 Å². The predicted octanol–water partition coefficient (Wildman–Crippen LogP) is 2.99. The highest BCUT2D eigenvalue weighted by atomic mass is 16.2. The fourth-order valence-corrected chi connectivity index (χ4v) is 3.50. The SMILES string of the molecule is Cc1nccn1-c1cccc([C@H]2CCCN(C(=O)c3ccncc3)C2)n1. The number of hydrogen-bond acceptors (Lipinski definition) is 4. The van der Waals surface area contributed by atoms with Crippen molar-refractivity contribution in [2.75, 3.05) is 13.1 Å². The molecule has 132 valence electrons. The lowest BCUT2D eigenvalue weighted by Crippen LogP contribution is -2.39. The Hall–Kier alpha value is -3.02. The summed E-state index contributed by atoms with van der Waals surface area (Å²) in [5.41, 5.74) is 1.72. The van der Waals surface area contributed by atoms with Crippen molar-refractivity contribution < 1.29 is 4.79 Å². The summed E-state index contributed by atoms with van der Waals surface area (Å²) in [4.78, 5) is 27.8. The van der Waals surface area contributed by atoms with Crippen molar-refractivity contribution in [2.45, 2.75) is 25.7 Å². The number of aryl methyl sites for hydroxylation is 1. The molecule has 0 N–H and O–H groups in total. The number of rotatable bonds is 3. The molecule has 0 bridgehead atoms. The van der Waals surface area contributed by atoms with Crippen LogP contribution in [-0.4, -0.2) is 43.4 Å². The average molecular weight is 347 g/mol. The molecule has 1 amide bonds. The Bertz CT molecular complexity index is 905. The molecule has 0 unspecified atom stereocenters. The lowest BCUT2D eigenvalue weighted by molar-refractivity contribution is 0.0706. The van der Waals surface area contributed by atoms with E-state index in [2.05, 4.69) is 16.0 Å². The molecule has 26 heavy (non-hydrogen) atoms. The summed E-state index contributed by atoms with van der Waals surface area (Å²) in [5.74, 6) is 2.10. The smallest absolute Gasteiger partial charge is 0.253 e. The first kappa shape index (κ1) is 16.4. The van der Waals surface area contributed by atoms with Crippen LogP contribution < -0.4 is 0 Å². The van der Waals surface area contributed by atoms with Gasteiger partial charge in [-0.1, -0.05) is 6.07 Å². The summed E-state index contributed by atoms with van der Waals surface area (Å²) < 4.78 is 1.98. The van der Waals surface area contributed by atoms with Crippen molar-refractivity contribution in [2.24, 2.45) is 0 Å². The molecule has 4 heterocycles. The van der Waals surface area contributed by atoms with Gasteiger partial charge in [0.2, 0.25) is 0 Å². The molecule has 1 aliphatic rings. The molecule has 3 aromatic rings. The van der Waals surface area contributed by atoms with E-state index in [1.807, 2.05) is 34.7 Å². The number of amides is 1. The Morgan fingerprint density at radius 3 is 2.77 bits per heavy atom. The molecule has 3 aromatic heterocycles. The van der Waals surface area contributed by atoms with Crippen LogP contribution in [0.1, 0.15) is 40.6 Å². The van der Waals surface area contributed by atoms with Crippen LogP contribution in [0.2, 0.25) is 0 Å². The second-order valence-corrected chi connectivity index (χ2v) is 6.59. The van der Waals surface area contributed by atoms with Gasteiger partial charge in [0.15, 0.2) is 0 Å². The number of nitrogens with zero attached hydrogens (tertiary/aromatic N) is 5. The Morgan fingerprint density at radius 1 is 1.15 bits per heavy atom. The van der Waals surface area contributed by atoms with Crippen LogP contribution in [0.25, 0.3) is 5.82 Å². The van der Waals surface area contributed by atoms with Gasteiger partial charge in [0.25, 0.3) is 5.91 Å². The number of imidazole rings is 1. The van der Waals surface area contributed by atoms with E-state index in [0.29, 0.717) is 12.1 Å². The van der Waals surface area contributed by atoms with Gasteiger partial charge < -0.3 is 4.90 Å². The third-order valence-electron chi connectivity index (χ3n) is 4.88. The van der Waals surface area contributed by atoms with Crippen LogP contribution in [-0.2, 0) is 0 Å². The quantitative estimate of drug-likeness (QED) is 0.731. The lowest BCUT2D eigenvalue weighted by atomic mass is 9.94. The Kier molecular flexibility index (Phi) is 4.48. The van der Waals surface area contributed by atoms with Gasteiger partial charge in [-0.2, -0.15) is 0 Å². The second-order valence-electron chi connectivity index (χ2n) is 6.59. The number of hydrogen-bond donors (Lipinski definition) is 0. The summed E-state index contributed by atoms with van der Waals surface area (Å²) >= 11 is 0. The molecule has 6 heteroatoms. The molecule has 1 saturated heterocycles. The highest BCUT2D eigenvalue weighted by molar-refractivity contribution is 5.94. The normalized spacial score (nSPS) is 17.3. The minimum Gasteiger partial charge on any atom is -0.338 e. The van der Waals surface area contributed by atoms with Crippen molar-refractivity contribution in [1.82, 2.24) is 24.4 Å². The molecule has 1 atom stereocenters. The minimum absolute atomic E-state index is 0.0682. The molecule has 1 fully saturated rings. The van der Waals surface area contributed by atoms with E-state index in [1.165, 1.54) is 0 Å². The molecule has 1 aliphatic heterocycles. The van der Waals surface area contributed by atoms with Gasteiger partial charge in [-0.05, 0) is 44.0 Å². The number of likely N-dealkylation sites (tertiary alicyclic amines) is 1. The van der Waals surface area contributed by atoms with E-state index in [4.69, 9.17) is 4.98 Å². The maximum Gasteiger partial charge on any atom is 0.253 e. The van der Waals surface area contributed by atoms with Crippen LogP contribution in [0.15, 0.2) is 55.1 Å². The molecule has 4 rings (SSSR count). The zero-order valence-electron chi connectivity index (χ0n) is 14.7. The number of carbonyl (C=O) groups excluding carboxylic acids is 1. The van der Waals surface area contributed by atoms with Crippen molar-refractivity contribution in [3.05, 3.63) is 72.2 Å². The first-order valence-electron chi connectivity index (χ1n) is 8.89. The first-order valence-corrected chi connectivity index (χ1v) is 8.89. The van der Waals surface area contributed by atoms with Crippen LogP contribution in [0.5, 0.6) is 0 Å². The number of piperidine rings is 1. The molecule has 0 radical (unpaired) electrons. The van der Waals surface area contributed by atoms with Crippen molar-refractivity contribution in [3.63, 3.8) is 0 Å². The molecule has 0 saturated carbocycles. The highest BCUT2D eigenvalue weighted by Gasteiger charge is 2.26. The zero-order chi connectivity index (χ0) is 17.9. The maximum atomic E-state index is 12.7. The largest absolute Gasteiger partial charge is 0.338 e. The van der Waals surface area contributed by atoms with Crippen LogP contribution in [0, 0.1) is 6.92 Å². The van der Waals surface area contributed by atoms with E-state index >= 15 is 0 Å². The van der Waals surface area contributed by atoms with Crippen LogP contribution in [0.3, 0.4) is 0 Å². The van der Waals surface area contributed by atoms with Gasteiger partial charge in [-0.25, -0.2) is 9.97 Å². The molecule has 0 spiro atoms. The lowest BCUT2D eigenvalue weighted by Gasteiger charge is -2.32. The molecule has 6 nitrogen and oxygen atoms in total. The summed E-state index contributed by atoms with van der Waals surface area (Å²) in [6, 6.07) is 9.61. The van der Waals surface area contributed by atoms with E-state index in [9.17, 15) is 4.79 Å². The fourth-order valence-electron chi connectivity index (χ4n) is 3.50. The zero-order valence-corrected chi connectivity index (χ0v) is 14.7. The number of pyridine rings is 2. The predicted molar refractivity (Wildman–Crippen MR) is 98.2 cm³/mol. The van der Waals surface area contributed by atoms with Gasteiger partial charge in [-0.15, -0.1) is 0 Å². The van der Waals surface area contributed by atoms with E-state index in [0.717, 1.165) is 36.7 Å². The highest BCUT2D eigenvalue weighted by Crippen LogP contribution is 2.27. The van der Waals surface area contributed by atoms with Crippen molar-refractivity contribution in [3.8, 4) is 5.82 Å². The number of carbonyl (C=O) groups is 1. The van der Waals surface area contributed by atoms with Gasteiger partial charge in [0.1, 0.15) is 11.6 Å². The third kappa shape index (κ3) is 3.22. The standard InChI is InChI=1S/C20H21N5O/c1-15-22-11-13-25(15)19-6-2-5-18(23-19)17-4-3-12-24(14-17)20(26)16-7-9-21-10-8-16/h2,5-11,13,17H,3-4,12,14H2,1H3/t17-/m0/s1. The van der Waals surface area contributed by atoms with Gasteiger partial charge in [0, 0.05) is 55.1 Å². The fraction of sp³-hybridized carbons (Fsp3) is 0.300. The molecule has 0 aliphatic carbocycles. The molecular formula is C20H21N5O. The van der Waals surface area contributed by atoms with Crippen molar-refractivity contribution >= 4 is 5.91 Å². The third-order valence-corrected chi connectivity index (χ3v) is 4.88. The van der Waals surface area contributed by atoms with Crippen molar-refractivity contribution in [1.29, 1.82) is 0 Å². The summed E-state index contributed by atoms with van der Waals surface area (Å²) in [5, 5.41) is 0. The van der Waals surface area contributed by atoms with Gasteiger partial charge in [-0.3, -0.25) is 14.3 Å². The van der Waals surface area contributed by atoms with E-state index < -0.39 is 0 Å².